The maximum Gasteiger partial charge on any atom is 0.264 e. The minimum atomic E-state index is 0.0978. The average molecular weight is 367 g/mol. The molecule has 3 aromatic heterocycles. The number of fused-ring (bicyclic) bond motifs is 1. The number of pyridine rings is 1. The van der Waals surface area contributed by atoms with Crippen molar-refractivity contribution in [2.24, 2.45) is 5.92 Å². The molecular weight excluding hydrogens is 346 g/mol. The van der Waals surface area contributed by atoms with E-state index in [1.165, 1.54) is 0 Å². The van der Waals surface area contributed by atoms with Crippen molar-refractivity contribution in [3.05, 3.63) is 64.2 Å². The minimum absolute atomic E-state index is 0.0978. The fourth-order valence-corrected chi connectivity index (χ4v) is 4.07. The number of rotatable bonds is 4. The molecule has 1 aliphatic heterocycles. The molecule has 1 N–H and O–H groups in total. The van der Waals surface area contributed by atoms with E-state index in [0.29, 0.717) is 13.1 Å². The van der Waals surface area contributed by atoms with Gasteiger partial charge in [-0.1, -0.05) is 6.07 Å². The van der Waals surface area contributed by atoms with Crippen LogP contribution in [0.3, 0.4) is 0 Å². The third-order valence-electron chi connectivity index (χ3n) is 4.54. The quantitative estimate of drug-likeness (QED) is 0.770. The summed E-state index contributed by atoms with van der Waals surface area (Å²) in [4.78, 5) is 21.2. The molecule has 7 heteroatoms. The molecule has 1 aliphatic rings. The van der Waals surface area contributed by atoms with Crippen molar-refractivity contribution in [2.45, 2.75) is 20.0 Å². The van der Waals surface area contributed by atoms with Gasteiger partial charge in [0.1, 0.15) is 5.82 Å². The Bertz CT molecular complexity index is 888. The molecule has 4 heterocycles. The summed E-state index contributed by atoms with van der Waals surface area (Å²) in [5, 5.41) is 7.81. The lowest BCUT2D eigenvalue weighted by Gasteiger charge is -2.24. The van der Waals surface area contributed by atoms with E-state index >= 15 is 0 Å². The largest absolute Gasteiger partial charge is 0.370 e. The molecule has 0 fully saturated rings. The minimum Gasteiger partial charge on any atom is -0.370 e. The first kappa shape index (κ1) is 16.8. The van der Waals surface area contributed by atoms with Gasteiger partial charge < -0.3 is 10.2 Å². The zero-order valence-electron chi connectivity index (χ0n) is 14.6. The van der Waals surface area contributed by atoms with Gasteiger partial charge in [-0.2, -0.15) is 5.10 Å². The van der Waals surface area contributed by atoms with Crippen molar-refractivity contribution in [1.29, 1.82) is 0 Å². The van der Waals surface area contributed by atoms with Crippen LogP contribution in [0.2, 0.25) is 0 Å². The van der Waals surface area contributed by atoms with Gasteiger partial charge in [0, 0.05) is 42.8 Å². The van der Waals surface area contributed by atoms with Crippen molar-refractivity contribution >= 4 is 23.1 Å². The molecule has 3 aromatic rings. The third-order valence-corrected chi connectivity index (χ3v) is 5.53. The van der Waals surface area contributed by atoms with E-state index in [-0.39, 0.29) is 11.8 Å². The number of nitrogens with one attached hydrogen (secondary N) is 1. The van der Waals surface area contributed by atoms with Crippen molar-refractivity contribution in [2.75, 3.05) is 18.4 Å². The molecule has 0 saturated carbocycles. The van der Waals surface area contributed by atoms with E-state index in [2.05, 4.69) is 15.4 Å². The lowest BCUT2D eigenvalue weighted by atomic mass is 10.1. The van der Waals surface area contributed by atoms with Crippen LogP contribution in [-0.2, 0) is 13.1 Å². The van der Waals surface area contributed by atoms with Crippen LogP contribution in [0, 0.1) is 12.8 Å². The number of hydrogen-bond donors (Lipinski definition) is 1. The van der Waals surface area contributed by atoms with E-state index in [9.17, 15) is 4.79 Å². The molecule has 26 heavy (non-hydrogen) atoms. The SMILES string of the molecule is Cc1ccc(C(=O)N2Cc3ccnn3C[C@@H](CNc3ccccn3)C2)s1. The van der Waals surface area contributed by atoms with Gasteiger partial charge >= 0.3 is 0 Å². The number of carbonyl (C=O) groups is 1. The highest BCUT2D eigenvalue weighted by molar-refractivity contribution is 7.13. The number of anilines is 1. The third kappa shape index (κ3) is 3.62. The number of amides is 1. The van der Waals surface area contributed by atoms with Crippen LogP contribution in [0.15, 0.2) is 48.8 Å². The summed E-state index contributed by atoms with van der Waals surface area (Å²) in [6.45, 7) is 4.84. The second kappa shape index (κ2) is 7.29. The topological polar surface area (TPSA) is 63.1 Å². The molecule has 4 rings (SSSR count). The van der Waals surface area contributed by atoms with Gasteiger partial charge in [-0.05, 0) is 37.3 Å². The molecule has 134 valence electrons. The van der Waals surface area contributed by atoms with Crippen LogP contribution in [0.4, 0.5) is 5.82 Å². The van der Waals surface area contributed by atoms with E-state index in [0.717, 1.165) is 34.4 Å². The Labute approximate surface area is 156 Å². The Morgan fingerprint density at radius 1 is 1.23 bits per heavy atom. The number of carbonyl (C=O) groups excluding carboxylic acids is 1. The Kier molecular flexibility index (Phi) is 4.71. The highest BCUT2D eigenvalue weighted by Gasteiger charge is 2.26. The van der Waals surface area contributed by atoms with Crippen LogP contribution in [-0.4, -0.2) is 38.7 Å². The molecule has 0 saturated heterocycles. The summed E-state index contributed by atoms with van der Waals surface area (Å²) in [7, 11) is 0. The molecule has 0 bridgehead atoms. The van der Waals surface area contributed by atoms with E-state index in [4.69, 9.17) is 0 Å². The number of aryl methyl sites for hydroxylation is 1. The number of thiophene rings is 1. The van der Waals surface area contributed by atoms with Crippen LogP contribution < -0.4 is 5.32 Å². The maximum absolute atomic E-state index is 13.0. The molecule has 0 unspecified atom stereocenters. The summed E-state index contributed by atoms with van der Waals surface area (Å²) in [5.74, 6) is 1.20. The van der Waals surface area contributed by atoms with Crippen molar-refractivity contribution in [3.8, 4) is 0 Å². The van der Waals surface area contributed by atoms with Crippen molar-refractivity contribution in [1.82, 2.24) is 19.7 Å². The summed E-state index contributed by atoms with van der Waals surface area (Å²) in [6.07, 6.45) is 3.58. The molecule has 0 aliphatic carbocycles. The first-order chi connectivity index (χ1) is 12.7. The predicted molar refractivity (Wildman–Crippen MR) is 102 cm³/mol. The standard InChI is InChI=1S/C19H21N5OS/c1-14-5-6-17(26-14)19(25)23-11-15(10-21-18-4-2-3-8-20-18)12-24-16(13-23)7-9-22-24/h2-9,15H,10-13H2,1H3,(H,20,21)/t15-/m0/s1. The van der Waals surface area contributed by atoms with Gasteiger partial charge in [-0.15, -0.1) is 11.3 Å². The fourth-order valence-electron chi connectivity index (χ4n) is 3.24. The summed E-state index contributed by atoms with van der Waals surface area (Å²) in [5.41, 5.74) is 1.08. The average Bonchev–Trinajstić information content (AvgIpc) is 3.24. The highest BCUT2D eigenvalue weighted by atomic mass is 32.1. The monoisotopic (exact) mass is 367 g/mol. The molecule has 0 radical (unpaired) electrons. The number of nitrogens with zero attached hydrogens (tertiary/aromatic N) is 4. The molecule has 6 nitrogen and oxygen atoms in total. The lowest BCUT2D eigenvalue weighted by Crippen LogP contribution is -2.35. The molecule has 0 spiro atoms. The van der Waals surface area contributed by atoms with Crippen LogP contribution in [0.1, 0.15) is 20.2 Å². The van der Waals surface area contributed by atoms with E-state index in [1.54, 1.807) is 17.5 Å². The predicted octanol–water partition coefficient (Wildman–Crippen LogP) is 3.03. The summed E-state index contributed by atoms with van der Waals surface area (Å²) >= 11 is 1.55. The van der Waals surface area contributed by atoms with Gasteiger partial charge in [0.25, 0.3) is 5.91 Å². The number of hydrogen-bond acceptors (Lipinski definition) is 5. The van der Waals surface area contributed by atoms with Gasteiger partial charge in [0.05, 0.1) is 17.1 Å². The Balaban J connectivity index is 1.52. The normalized spacial score (nSPS) is 16.8. The first-order valence-corrected chi connectivity index (χ1v) is 9.52. The Morgan fingerprint density at radius 2 is 2.15 bits per heavy atom. The fraction of sp³-hybridized carbons (Fsp3) is 0.316. The Hall–Kier alpha value is -2.67. The summed E-state index contributed by atoms with van der Waals surface area (Å²) < 4.78 is 2.01. The van der Waals surface area contributed by atoms with Crippen LogP contribution >= 0.6 is 11.3 Å². The van der Waals surface area contributed by atoms with Gasteiger partial charge in [-0.25, -0.2) is 4.98 Å². The second-order valence-electron chi connectivity index (χ2n) is 6.56. The van der Waals surface area contributed by atoms with Gasteiger partial charge in [0.15, 0.2) is 0 Å². The van der Waals surface area contributed by atoms with Crippen LogP contribution in [0.25, 0.3) is 0 Å². The maximum atomic E-state index is 13.0. The summed E-state index contributed by atoms with van der Waals surface area (Å²) in [6, 6.07) is 11.7. The molecule has 1 amide bonds. The number of aromatic nitrogens is 3. The zero-order valence-corrected chi connectivity index (χ0v) is 15.4. The zero-order chi connectivity index (χ0) is 17.9. The van der Waals surface area contributed by atoms with E-state index < -0.39 is 0 Å². The Morgan fingerprint density at radius 3 is 2.92 bits per heavy atom. The molecule has 1 atom stereocenters. The molecular formula is C19H21N5OS. The lowest BCUT2D eigenvalue weighted by molar-refractivity contribution is 0.0729. The highest BCUT2D eigenvalue weighted by Crippen LogP contribution is 2.22. The van der Waals surface area contributed by atoms with Gasteiger partial charge in [-0.3, -0.25) is 9.48 Å². The van der Waals surface area contributed by atoms with Crippen LogP contribution in [0.5, 0.6) is 0 Å². The van der Waals surface area contributed by atoms with E-state index in [1.807, 2.05) is 59.1 Å². The van der Waals surface area contributed by atoms with Gasteiger partial charge in [0.2, 0.25) is 0 Å². The first-order valence-electron chi connectivity index (χ1n) is 8.70. The smallest absolute Gasteiger partial charge is 0.264 e. The van der Waals surface area contributed by atoms with Crippen molar-refractivity contribution < 1.29 is 4.79 Å². The van der Waals surface area contributed by atoms with Crippen molar-refractivity contribution in [3.63, 3.8) is 0 Å². The second-order valence-corrected chi connectivity index (χ2v) is 7.85. The molecule has 0 aromatic carbocycles.